The fourth-order valence-electron chi connectivity index (χ4n) is 2.71. The van der Waals surface area contributed by atoms with Crippen LogP contribution in [0.2, 0.25) is 0 Å². The summed E-state index contributed by atoms with van der Waals surface area (Å²) in [5.41, 5.74) is 1.34. The van der Waals surface area contributed by atoms with Crippen molar-refractivity contribution in [3.63, 3.8) is 0 Å². The predicted octanol–water partition coefficient (Wildman–Crippen LogP) is 4.39. The molecule has 2 aromatic rings. The van der Waals surface area contributed by atoms with Crippen LogP contribution in [0.3, 0.4) is 0 Å². The Bertz CT molecular complexity index is 609. The van der Waals surface area contributed by atoms with Crippen LogP contribution in [0.5, 0.6) is 5.75 Å². The van der Waals surface area contributed by atoms with Crippen LogP contribution in [-0.4, -0.2) is 18.2 Å². The minimum absolute atomic E-state index is 0.402. The van der Waals surface area contributed by atoms with Gasteiger partial charge >= 0.3 is 35.6 Å². The quantitative estimate of drug-likeness (QED) is 0.606. The molecule has 0 spiro atoms. The monoisotopic (exact) mass is 403 g/mol. The number of anilines is 1. The molecule has 122 valence electrons. The SMILES string of the molecule is Oc1ccccc1Pc1ccccc1N1CCCCC1.[Cl][Ti][Cl]. The molecule has 3 rings (SSSR count). The van der Waals surface area contributed by atoms with Crippen molar-refractivity contribution < 1.29 is 22.1 Å². The van der Waals surface area contributed by atoms with E-state index in [0.29, 0.717) is 14.3 Å². The normalized spacial score (nSPS) is 14.4. The van der Waals surface area contributed by atoms with Gasteiger partial charge in [-0.3, -0.25) is 0 Å². The molecule has 2 aromatic carbocycles. The van der Waals surface area contributed by atoms with E-state index < -0.39 is 17.0 Å². The number of phenols is 1. The zero-order valence-corrected chi connectivity index (χ0v) is 16.9. The summed E-state index contributed by atoms with van der Waals surface area (Å²) in [5.74, 6) is 0.402. The van der Waals surface area contributed by atoms with E-state index in [2.05, 4.69) is 29.2 Å². The van der Waals surface area contributed by atoms with Gasteiger partial charge in [-0.15, -0.1) is 0 Å². The van der Waals surface area contributed by atoms with Gasteiger partial charge in [0.25, 0.3) is 0 Å². The first-order valence-corrected chi connectivity index (χ1v) is 12.9. The van der Waals surface area contributed by atoms with E-state index in [4.69, 9.17) is 18.6 Å². The number of hydrogen-bond acceptors (Lipinski definition) is 2. The molecule has 6 heteroatoms. The predicted molar refractivity (Wildman–Crippen MR) is 99.9 cm³/mol. The Hall–Kier alpha value is -0.236. The van der Waals surface area contributed by atoms with Crippen LogP contribution in [0, 0.1) is 0 Å². The molecule has 1 aliphatic rings. The number of benzene rings is 2. The second-order valence-corrected chi connectivity index (χ2v) is 9.18. The van der Waals surface area contributed by atoms with Gasteiger partial charge in [0, 0.05) is 29.4 Å². The average Bonchev–Trinajstić information content (AvgIpc) is 2.59. The molecule has 1 heterocycles. The molecule has 0 aromatic heterocycles. The Balaban J connectivity index is 0.000000595. The number of rotatable bonds is 3. The van der Waals surface area contributed by atoms with Gasteiger partial charge in [0.2, 0.25) is 0 Å². The molecule has 0 bridgehead atoms. The first-order valence-electron chi connectivity index (χ1n) is 7.61. The molecular formula is C17H20Cl2NOPTi. The van der Waals surface area contributed by atoms with Crippen LogP contribution in [-0.2, 0) is 17.0 Å². The first kappa shape index (κ1) is 19.1. The summed E-state index contributed by atoms with van der Waals surface area (Å²) in [6.45, 7) is 2.31. The van der Waals surface area contributed by atoms with Crippen molar-refractivity contribution in [1.29, 1.82) is 0 Å². The van der Waals surface area contributed by atoms with Crippen molar-refractivity contribution in [3.8, 4) is 5.75 Å². The van der Waals surface area contributed by atoms with Crippen molar-refractivity contribution in [2.45, 2.75) is 19.3 Å². The molecule has 1 aliphatic heterocycles. The summed E-state index contributed by atoms with van der Waals surface area (Å²) in [6.07, 6.45) is 3.92. The summed E-state index contributed by atoms with van der Waals surface area (Å²) < 4.78 is 0. The van der Waals surface area contributed by atoms with E-state index in [1.54, 1.807) is 6.07 Å². The topological polar surface area (TPSA) is 23.5 Å². The second-order valence-electron chi connectivity index (χ2n) is 5.28. The van der Waals surface area contributed by atoms with E-state index in [-0.39, 0.29) is 0 Å². The van der Waals surface area contributed by atoms with Crippen molar-refractivity contribution in [2.75, 3.05) is 18.0 Å². The molecule has 1 fully saturated rings. The average molecular weight is 404 g/mol. The van der Waals surface area contributed by atoms with Gasteiger partial charge in [-0.2, -0.15) is 0 Å². The Morgan fingerprint density at radius 3 is 2.09 bits per heavy atom. The molecule has 0 radical (unpaired) electrons. The molecule has 0 saturated carbocycles. The summed E-state index contributed by atoms with van der Waals surface area (Å²) in [4.78, 5) is 2.49. The molecule has 1 unspecified atom stereocenters. The van der Waals surface area contributed by atoms with Crippen LogP contribution in [0.25, 0.3) is 0 Å². The zero-order valence-electron chi connectivity index (χ0n) is 12.8. The number of hydrogen-bond donors (Lipinski definition) is 1. The Morgan fingerprint density at radius 1 is 0.870 bits per heavy atom. The van der Waals surface area contributed by atoms with Gasteiger partial charge < -0.3 is 10.0 Å². The molecule has 0 aliphatic carbocycles. The minimum atomic E-state index is -0.556. The van der Waals surface area contributed by atoms with E-state index >= 15 is 0 Å². The molecular weight excluding hydrogens is 384 g/mol. The third kappa shape index (κ3) is 5.96. The second kappa shape index (κ2) is 10.6. The molecule has 1 saturated heterocycles. The Labute approximate surface area is 156 Å². The third-order valence-electron chi connectivity index (χ3n) is 3.77. The van der Waals surface area contributed by atoms with Gasteiger partial charge in [-0.25, -0.2) is 0 Å². The fourth-order valence-corrected chi connectivity index (χ4v) is 3.94. The number of aromatic hydroxyl groups is 1. The number of piperidine rings is 1. The van der Waals surface area contributed by atoms with Crippen molar-refractivity contribution in [2.24, 2.45) is 0 Å². The van der Waals surface area contributed by atoms with Gasteiger partial charge in [0.1, 0.15) is 5.75 Å². The van der Waals surface area contributed by atoms with E-state index in [1.807, 2.05) is 18.2 Å². The van der Waals surface area contributed by atoms with Gasteiger partial charge in [0.15, 0.2) is 0 Å². The summed E-state index contributed by atoms with van der Waals surface area (Å²) in [5, 5.41) is 12.3. The van der Waals surface area contributed by atoms with Crippen molar-refractivity contribution >= 4 is 43.5 Å². The maximum atomic E-state index is 9.97. The number of phenolic OH excluding ortho intramolecular Hbond substituents is 1. The van der Waals surface area contributed by atoms with Gasteiger partial charge in [-0.05, 0) is 31.4 Å². The van der Waals surface area contributed by atoms with Crippen molar-refractivity contribution in [3.05, 3.63) is 48.5 Å². The Kier molecular flexibility index (Phi) is 8.79. The number of nitrogens with zero attached hydrogens (tertiary/aromatic N) is 1. The first-order chi connectivity index (χ1) is 11.3. The van der Waals surface area contributed by atoms with Crippen LogP contribution in [0.15, 0.2) is 48.5 Å². The maximum absolute atomic E-state index is 9.97. The molecule has 2 nitrogen and oxygen atoms in total. The molecule has 23 heavy (non-hydrogen) atoms. The summed E-state index contributed by atoms with van der Waals surface area (Å²) >= 11 is -0.556. The number of halogens is 2. The van der Waals surface area contributed by atoms with E-state index in [9.17, 15) is 5.11 Å². The molecule has 0 amide bonds. The van der Waals surface area contributed by atoms with Gasteiger partial charge in [0.05, 0.1) is 0 Å². The zero-order chi connectivity index (χ0) is 16.5. The fraction of sp³-hybridized carbons (Fsp3) is 0.294. The van der Waals surface area contributed by atoms with Crippen LogP contribution in [0.4, 0.5) is 5.69 Å². The van der Waals surface area contributed by atoms with Crippen LogP contribution in [0.1, 0.15) is 19.3 Å². The Morgan fingerprint density at radius 2 is 1.43 bits per heavy atom. The summed E-state index contributed by atoms with van der Waals surface area (Å²) in [7, 11) is 10.3. The summed E-state index contributed by atoms with van der Waals surface area (Å²) in [6, 6.07) is 16.3. The van der Waals surface area contributed by atoms with Crippen LogP contribution >= 0.6 is 27.2 Å². The van der Waals surface area contributed by atoms with Crippen molar-refractivity contribution in [1.82, 2.24) is 0 Å². The van der Waals surface area contributed by atoms with Gasteiger partial charge in [-0.1, -0.05) is 45.0 Å². The van der Waals surface area contributed by atoms with E-state index in [0.717, 1.165) is 18.4 Å². The third-order valence-corrected chi connectivity index (χ3v) is 5.16. The molecule has 1 N–H and O–H groups in total. The van der Waals surface area contributed by atoms with Crippen LogP contribution < -0.4 is 15.5 Å². The standard InChI is InChI=1S/C17H20NOP.2ClH.Ti/c19-15-9-3-5-11-17(15)20-16-10-4-2-8-14(16)18-12-6-1-7-13-18;;;/h2-5,8-11,19-20H,1,6-7,12-13H2;2*1H;/q;;;+2/p-2. The van der Waals surface area contributed by atoms with E-state index in [1.165, 1.54) is 30.3 Å². The molecule has 1 atom stereocenters. The number of para-hydroxylation sites is 2.